The van der Waals surface area contributed by atoms with Gasteiger partial charge in [0.05, 0.1) is 35.1 Å². The maximum absolute atomic E-state index is 13.2. The van der Waals surface area contributed by atoms with Crippen LogP contribution in [0, 0.1) is 17.0 Å². The molecule has 1 aliphatic heterocycles. The van der Waals surface area contributed by atoms with Crippen molar-refractivity contribution < 1.29 is 27.6 Å². The molecule has 1 amide bonds. The number of nitro groups is 1. The zero-order valence-electron chi connectivity index (χ0n) is 15.5. The topological polar surface area (TPSA) is 84.7 Å². The molecular formula is C19H18F3N3O4. The van der Waals surface area contributed by atoms with Crippen LogP contribution in [0.4, 0.5) is 30.2 Å². The van der Waals surface area contributed by atoms with Gasteiger partial charge in [0, 0.05) is 18.7 Å². The highest BCUT2D eigenvalue weighted by Gasteiger charge is 2.32. The molecule has 0 aromatic heterocycles. The minimum atomic E-state index is -4.60. The van der Waals surface area contributed by atoms with Crippen LogP contribution in [0.25, 0.3) is 0 Å². The molecule has 2 aromatic rings. The minimum Gasteiger partial charge on any atom is -0.378 e. The number of aryl methyl sites for hydroxylation is 1. The van der Waals surface area contributed by atoms with Gasteiger partial charge in [-0.1, -0.05) is 12.1 Å². The van der Waals surface area contributed by atoms with E-state index in [0.717, 1.165) is 12.1 Å². The van der Waals surface area contributed by atoms with Crippen LogP contribution in [0.5, 0.6) is 0 Å². The number of nitrogens with one attached hydrogen (secondary N) is 1. The Hall–Kier alpha value is -3.14. The molecular weight excluding hydrogens is 391 g/mol. The number of ether oxygens (including phenoxy) is 1. The molecule has 0 aliphatic carbocycles. The van der Waals surface area contributed by atoms with Gasteiger partial charge in [-0.25, -0.2) is 0 Å². The molecule has 1 heterocycles. The molecule has 10 heteroatoms. The molecule has 0 saturated carbocycles. The van der Waals surface area contributed by atoms with Crippen LogP contribution < -0.4 is 10.2 Å². The van der Waals surface area contributed by atoms with Crippen molar-refractivity contribution in [3.63, 3.8) is 0 Å². The van der Waals surface area contributed by atoms with Crippen molar-refractivity contribution in [1.29, 1.82) is 0 Å². The normalized spacial score (nSPS) is 14.6. The number of carbonyl (C=O) groups excluding carboxylic acids is 1. The Morgan fingerprint density at radius 1 is 1.21 bits per heavy atom. The van der Waals surface area contributed by atoms with E-state index in [2.05, 4.69) is 5.32 Å². The summed E-state index contributed by atoms with van der Waals surface area (Å²) in [5.41, 5.74) is -0.929. The number of para-hydroxylation sites is 1. The van der Waals surface area contributed by atoms with Gasteiger partial charge >= 0.3 is 6.18 Å². The second kappa shape index (κ2) is 8.08. The summed E-state index contributed by atoms with van der Waals surface area (Å²) in [4.78, 5) is 25.2. The van der Waals surface area contributed by atoms with Crippen LogP contribution in [0.3, 0.4) is 0 Å². The molecule has 0 radical (unpaired) electrons. The van der Waals surface area contributed by atoms with Crippen LogP contribution in [0.15, 0.2) is 36.4 Å². The summed E-state index contributed by atoms with van der Waals surface area (Å²) < 4.78 is 44.8. The van der Waals surface area contributed by atoms with Crippen molar-refractivity contribution in [2.24, 2.45) is 0 Å². The van der Waals surface area contributed by atoms with E-state index in [1.165, 1.54) is 31.2 Å². The van der Waals surface area contributed by atoms with Crippen molar-refractivity contribution in [1.82, 2.24) is 0 Å². The summed E-state index contributed by atoms with van der Waals surface area (Å²) in [6, 6.07) is 7.29. The number of alkyl halides is 3. The fourth-order valence-electron chi connectivity index (χ4n) is 3.17. The lowest BCUT2D eigenvalue weighted by molar-refractivity contribution is -0.385. The van der Waals surface area contributed by atoms with Crippen LogP contribution in [0.1, 0.15) is 21.5 Å². The van der Waals surface area contributed by atoms with Crippen molar-refractivity contribution in [3.8, 4) is 0 Å². The Morgan fingerprint density at radius 2 is 1.90 bits per heavy atom. The number of benzene rings is 2. The lowest BCUT2D eigenvalue weighted by Crippen LogP contribution is -2.37. The fourth-order valence-corrected chi connectivity index (χ4v) is 3.17. The van der Waals surface area contributed by atoms with Crippen LogP contribution >= 0.6 is 0 Å². The first-order valence-electron chi connectivity index (χ1n) is 8.78. The number of hydrogen-bond donors (Lipinski definition) is 1. The third-order valence-electron chi connectivity index (χ3n) is 4.59. The molecule has 154 valence electrons. The Balaban J connectivity index is 2.01. The number of anilines is 2. The van der Waals surface area contributed by atoms with E-state index in [1.54, 1.807) is 4.90 Å². The van der Waals surface area contributed by atoms with Gasteiger partial charge in [0.2, 0.25) is 0 Å². The van der Waals surface area contributed by atoms with Gasteiger partial charge in [0.1, 0.15) is 5.56 Å². The number of nitro benzene ring substituents is 1. The van der Waals surface area contributed by atoms with E-state index in [0.29, 0.717) is 32.0 Å². The third kappa shape index (κ3) is 4.48. The first-order valence-corrected chi connectivity index (χ1v) is 8.78. The zero-order valence-corrected chi connectivity index (χ0v) is 15.5. The quantitative estimate of drug-likeness (QED) is 0.609. The van der Waals surface area contributed by atoms with Gasteiger partial charge in [-0.15, -0.1) is 0 Å². The lowest BCUT2D eigenvalue weighted by Gasteiger charge is -2.31. The standard InChI is InChI=1S/C19H18F3N3O4/c1-12-3-2-4-14(17(12)25(27)28)18(26)23-15-11-13(19(20,21)22)5-6-16(15)24-7-9-29-10-8-24/h2-6,11H,7-10H2,1H3,(H,23,26). The number of nitrogens with zero attached hydrogens (tertiary/aromatic N) is 2. The highest BCUT2D eigenvalue weighted by Crippen LogP contribution is 2.36. The fraction of sp³-hybridized carbons (Fsp3) is 0.316. The van der Waals surface area contributed by atoms with Gasteiger partial charge < -0.3 is 15.0 Å². The highest BCUT2D eigenvalue weighted by atomic mass is 19.4. The van der Waals surface area contributed by atoms with Crippen molar-refractivity contribution in [2.45, 2.75) is 13.1 Å². The van der Waals surface area contributed by atoms with Gasteiger partial charge in [0.25, 0.3) is 11.6 Å². The second-order valence-corrected chi connectivity index (χ2v) is 6.51. The van der Waals surface area contributed by atoms with Crippen molar-refractivity contribution in [2.75, 3.05) is 36.5 Å². The van der Waals surface area contributed by atoms with E-state index < -0.39 is 22.6 Å². The average molecular weight is 409 g/mol. The molecule has 29 heavy (non-hydrogen) atoms. The number of hydrogen-bond acceptors (Lipinski definition) is 5. The molecule has 0 bridgehead atoms. The summed E-state index contributed by atoms with van der Waals surface area (Å²) in [6.45, 7) is 3.17. The second-order valence-electron chi connectivity index (χ2n) is 6.51. The summed E-state index contributed by atoms with van der Waals surface area (Å²) in [5.74, 6) is -0.853. The molecule has 3 rings (SSSR count). The number of morpholine rings is 1. The monoisotopic (exact) mass is 409 g/mol. The third-order valence-corrected chi connectivity index (χ3v) is 4.59. The number of rotatable bonds is 4. The van der Waals surface area contributed by atoms with Gasteiger partial charge in [-0.05, 0) is 31.2 Å². The van der Waals surface area contributed by atoms with E-state index >= 15 is 0 Å². The van der Waals surface area contributed by atoms with Crippen LogP contribution in [-0.4, -0.2) is 37.1 Å². The minimum absolute atomic E-state index is 0.0671. The lowest BCUT2D eigenvalue weighted by atomic mass is 10.1. The zero-order chi connectivity index (χ0) is 21.2. The van der Waals surface area contributed by atoms with Gasteiger partial charge in [-0.2, -0.15) is 13.2 Å². The van der Waals surface area contributed by atoms with E-state index in [4.69, 9.17) is 4.74 Å². The molecule has 0 atom stereocenters. The summed E-state index contributed by atoms with van der Waals surface area (Å²) in [6.07, 6.45) is -4.60. The van der Waals surface area contributed by atoms with E-state index in [9.17, 15) is 28.1 Å². The van der Waals surface area contributed by atoms with Crippen molar-refractivity contribution in [3.05, 3.63) is 63.2 Å². The predicted octanol–water partition coefficient (Wildman–Crippen LogP) is 4.01. The first kappa shape index (κ1) is 20.6. The van der Waals surface area contributed by atoms with Crippen LogP contribution in [-0.2, 0) is 10.9 Å². The number of halogens is 3. The molecule has 0 spiro atoms. The molecule has 1 saturated heterocycles. The first-order chi connectivity index (χ1) is 13.7. The summed E-state index contributed by atoms with van der Waals surface area (Å²) >= 11 is 0. The molecule has 1 N–H and O–H groups in total. The Kier molecular flexibility index (Phi) is 5.73. The van der Waals surface area contributed by atoms with Gasteiger partial charge in [-0.3, -0.25) is 14.9 Å². The van der Waals surface area contributed by atoms with Crippen molar-refractivity contribution >= 4 is 23.0 Å². The Bertz CT molecular complexity index is 941. The smallest absolute Gasteiger partial charge is 0.378 e. The number of amides is 1. The molecule has 1 aliphatic rings. The largest absolute Gasteiger partial charge is 0.416 e. The maximum atomic E-state index is 13.2. The number of carbonyl (C=O) groups is 1. The Morgan fingerprint density at radius 3 is 2.52 bits per heavy atom. The molecule has 0 unspecified atom stereocenters. The van der Waals surface area contributed by atoms with Gasteiger partial charge in [0.15, 0.2) is 0 Å². The highest BCUT2D eigenvalue weighted by molar-refractivity contribution is 6.08. The predicted molar refractivity (Wildman–Crippen MR) is 100 cm³/mol. The van der Waals surface area contributed by atoms with E-state index in [1.807, 2.05) is 0 Å². The maximum Gasteiger partial charge on any atom is 0.416 e. The van der Waals surface area contributed by atoms with Crippen LogP contribution in [0.2, 0.25) is 0 Å². The Labute approximate surface area is 164 Å². The SMILES string of the molecule is Cc1cccc(C(=O)Nc2cc(C(F)(F)F)ccc2N2CCOCC2)c1[N+](=O)[O-]. The van der Waals surface area contributed by atoms with E-state index in [-0.39, 0.29) is 22.5 Å². The summed E-state index contributed by atoms with van der Waals surface area (Å²) in [5, 5.41) is 13.8. The molecule has 1 fully saturated rings. The summed E-state index contributed by atoms with van der Waals surface area (Å²) in [7, 11) is 0. The molecule has 7 nitrogen and oxygen atoms in total. The average Bonchev–Trinajstić information content (AvgIpc) is 2.67. The molecule has 2 aromatic carbocycles.